The van der Waals surface area contributed by atoms with E-state index >= 15 is 0 Å². The first-order valence-electron chi connectivity index (χ1n) is 8.20. The summed E-state index contributed by atoms with van der Waals surface area (Å²) in [7, 11) is -6.49. The van der Waals surface area contributed by atoms with E-state index < -0.39 is 42.9 Å². The molecule has 1 aliphatic heterocycles. The second kappa shape index (κ2) is 8.10. The van der Waals surface area contributed by atoms with Gasteiger partial charge in [0.25, 0.3) is 0 Å². The van der Waals surface area contributed by atoms with Gasteiger partial charge in [-0.3, -0.25) is 4.55 Å². The molecule has 0 radical (unpaired) electrons. The number of carbonyl (C=O) groups excluding carboxylic acids is 1. The standard InChI is InChI=1S/C14H20F4O7S3/c15-13(14(16,17)18,28(22,23)24)10(21)25-9-3-1-2-4-12(9)26-7-11(5-19,6-20)8-27-12/h9,19-20H,1-8H2,(H,22,23,24). The summed E-state index contributed by atoms with van der Waals surface area (Å²) in [5.41, 5.74) is -0.823. The van der Waals surface area contributed by atoms with Crippen LogP contribution in [0, 0.1) is 5.41 Å². The number of carbonyl (C=O) groups is 1. The van der Waals surface area contributed by atoms with Crippen LogP contribution in [-0.4, -0.2) is 75.2 Å². The summed E-state index contributed by atoms with van der Waals surface area (Å²) in [6.07, 6.45) is -5.88. The molecule has 14 heteroatoms. The molecule has 2 fully saturated rings. The van der Waals surface area contributed by atoms with Gasteiger partial charge in [0.15, 0.2) is 0 Å². The minimum absolute atomic E-state index is 0.0798. The van der Waals surface area contributed by atoms with Crippen LogP contribution < -0.4 is 0 Å². The number of esters is 1. The smallest absolute Gasteiger partial charge is 0.451 e. The van der Waals surface area contributed by atoms with Crippen LogP contribution in [0.2, 0.25) is 0 Å². The summed E-state index contributed by atoms with van der Waals surface area (Å²) >= 11 is 2.34. The monoisotopic (exact) mass is 472 g/mol. The van der Waals surface area contributed by atoms with Crippen molar-refractivity contribution in [2.75, 3.05) is 24.7 Å². The van der Waals surface area contributed by atoms with E-state index in [1.165, 1.54) is 23.5 Å². The van der Waals surface area contributed by atoms with Gasteiger partial charge in [0.1, 0.15) is 6.10 Å². The number of rotatable bonds is 5. The topological polar surface area (TPSA) is 121 Å². The zero-order valence-electron chi connectivity index (χ0n) is 14.4. The molecule has 1 spiro atoms. The summed E-state index contributed by atoms with van der Waals surface area (Å²) in [4.78, 5) is 11.9. The van der Waals surface area contributed by atoms with E-state index in [0.717, 1.165) is 0 Å². The molecule has 0 aromatic heterocycles. The molecule has 1 saturated heterocycles. The molecule has 28 heavy (non-hydrogen) atoms. The number of ether oxygens (including phenoxy) is 1. The predicted octanol–water partition coefficient (Wildman–Crippen LogP) is 1.74. The van der Waals surface area contributed by atoms with Crippen molar-refractivity contribution in [3.63, 3.8) is 0 Å². The lowest BCUT2D eigenvalue weighted by Crippen LogP contribution is -2.57. The zero-order chi connectivity index (χ0) is 21.4. The Hall–Kier alpha value is -0.280. The Bertz CT molecular complexity index is 686. The van der Waals surface area contributed by atoms with Gasteiger partial charge in [-0.1, -0.05) is 6.42 Å². The fourth-order valence-corrected chi connectivity index (χ4v) is 7.32. The van der Waals surface area contributed by atoms with E-state index in [1.54, 1.807) is 0 Å². The molecular weight excluding hydrogens is 452 g/mol. The third-order valence-electron chi connectivity index (χ3n) is 4.88. The third kappa shape index (κ3) is 4.13. The summed E-state index contributed by atoms with van der Waals surface area (Å²) in [5, 5.41) is 13.4. The number of thioether (sulfide) groups is 2. The zero-order valence-corrected chi connectivity index (χ0v) is 16.9. The second-order valence-corrected chi connectivity index (χ2v) is 11.3. The Morgan fingerprint density at radius 3 is 2.07 bits per heavy atom. The van der Waals surface area contributed by atoms with E-state index in [9.17, 15) is 41.0 Å². The highest BCUT2D eigenvalue weighted by Crippen LogP contribution is 2.56. The molecule has 0 bridgehead atoms. The van der Waals surface area contributed by atoms with E-state index in [4.69, 9.17) is 9.29 Å². The fraction of sp³-hybridized carbons (Fsp3) is 0.929. The second-order valence-electron chi connectivity index (χ2n) is 6.91. The van der Waals surface area contributed by atoms with Crippen molar-refractivity contribution < 1.29 is 50.3 Å². The molecule has 164 valence electrons. The van der Waals surface area contributed by atoms with Crippen LogP contribution in [0.5, 0.6) is 0 Å². The van der Waals surface area contributed by atoms with Crippen LogP contribution in [0.15, 0.2) is 0 Å². The third-order valence-corrected chi connectivity index (χ3v) is 10.1. The van der Waals surface area contributed by atoms with Gasteiger partial charge in [-0.05, 0) is 19.3 Å². The Balaban J connectivity index is 2.27. The van der Waals surface area contributed by atoms with E-state index in [1.807, 2.05) is 0 Å². The van der Waals surface area contributed by atoms with Gasteiger partial charge in [-0.15, -0.1) is 23.5 Å². The molecule has 0 aromatic rings. The fourth-order valence-electron chi connectivity index (χ4n) is 3.00. The molecule has 2 atom stereocenters. The van der Waals surface area contributed by atoms with Gasteiger partial charge in [0.2, 0.25) is 0 Å². The van der Waals surface area contributed by atoms with Gasteiger partial charge in [-0.2, -0.15) is 21.6 Å². The van der Waals surface area contributed by atoms with Gasteiger partial charge >= 0.3 is 27.3 Å². The molecule has 1 heterocycles. The molecule has 3 N–H and O–H groups in total. The maximum atomic E-state index is 14.2. The van der Waals surface area contributed by atoms with Crippen LogP contribution in [-0.2, 0) is 19.6 Å². The maximum absolute atomic E-state index is 14.2. The van der Waals surface area contributed by atoms with E-state index in [-0.39, 0.29) is 31.1 Å². The van der Waals surface area contributed by atoms with Crippen molar-refractivity contribution in [1.82, 2.24) is 0 Å². The Kier molecular flexibility index (Phi) is 6.94. The molecule has 2 rings (SSSR count). The predicted molar refractivity (Wildman–Crippen MR) is 94.0 cm³/mol. The van der Waals surface area contributed by atoms with Crippen molar-refractivity contribution in [2.24, 2.45) is 5.41 Å². The van der Waals surface area contributed by atoms with Crippen LogP contribution in [0.3, 0.4) is 0 Å². The Morgan fingerprint density at radius 1 is 1.11 bits per heavy atom. The number of aliphatic hydroxyl groups excluding tert-OH is 2. The first-order valence-corrected chi connectivity index (χ1v) is 11.6. The number of halogens is 4. The molecule has 2 unspecified atom stereocenters. The van der Waals surface area contributed by atoms with Crippen molar-refractivity contribution >= 4 is 39.6 Å². The largest absolute Gasteiger partial charge is 0.456 e. The number of hydrogen-bond donors (Lipinski definition) is 3. The highest BCUT2D eigenvalue weighted by atomic mass is 32.2. The summed E-state index contributed by atoms with van der Waals surface area (Å²) in [6, 6.07) is 0. The number of alkyl halides is 4. The van der Waals surface area contributed by atoms with Crippen LogP contribution in [0.25, 0.3) is 0 Å². The summed E-state index contributed by atoms with van der Waals surface area (Å²) < 4.78 is 87.5. The molecule has 0 aromatic carbocycles. The van der Waals surface area contributed by atoms with Crippen LogP contribution in [0.4, 0.5) is 17.6 Å². The lowest BCUT2D eigenvalue weighted by molar-refractivity contribution is -0.218. The normalized spacial score (nSPS) is 27.2. The number of aliphatic hydroxyl groups is 2. The van der Waals surface area contributed by atoms with Crippen molar-refractivity contribution in [3.8, 4) is 0 Å². The summed E-state index contributed by atoms with van der Waals surface area (Å²) in [5.74, 6) is -2.28. The van der Waals surface area contributed by atoms with Crippen LogP contribution in [0.1, 0.15) is 25.7 Å². The first kappa shape index (κ1) is 24.0. The number of hydrogen-bond acceptors (Lipinski definition) is 8. The van der Waals surface area contributed by atoms with E-state index in [2.05, 4.69) is 0 Å². The van der Waals surface area contributed by atoms with Gasteiger partial charge in [0, 0.05) is 16.9 Å². The van der Waals surface area contributed by atoms with Gasteiger partial charge in [-0.25, -0.2) is 9.18 Å². The van der Waals surface area contributed by atoms with Gasteiger partial charge in [0.05, 0.1) is 17.3 Å². The molecule has 7 nitrogen and oxygen atoms in total. The highest BCUT2D eigenvalue weighted by molar-refractivity contribution is 8.19. The maximum Gasteiger partial charge on any atom is 0.451 e. The minimum atomic E-state index is -6.49. The lowest BCUT2D eigenvalue weighted by atomic mass is 9.95. The molecular formula is C14H20F4O7S3. The quantitative estimate of drug-likeness (QED) is 0.312. The molecule has 2 aliphatic rings. The first-order chi connectivity index (χ1) is 12.8. The average molecular weight is 473 g/mol. The SMILES string of the molecule is O=C(OC1CCCCC12SCC(CO)(CO)CS2)C(F)(C(F)(F)F)S(=O)(=O)O. The molecule has 1 aliphatic carbocycles. The molecule has 0 amide bonds. The van der Waals surface area contributed by atoms with Crippen molar-refractivity contribution in [3.05, 3.63) is 0 Å². The van der Waals surface area contributed by atoms with E-state index in [0.29, 0.717) is 19.3 Å². The molecule has 1 saturated carbocycles. The lowest BCUT2D eigenvalue weighted by Gasteiger charge is -2.49. The van der Waals surface area contributed by atoms with Crippen LogP contribution >= 0.6 is 23.5 Å². The highest BCUT2D eigenvalue weighted by Gasteiger charge is 2.73. The minimum Gasteiger partial charge on any atom is -0.456 e. The Morgan fingerprint density at radius 2 is 1.64 bits per heavy atom. The van der Waals surface area contributed by atoms with Crippen molar-refractivity contribution in [2.45, 2.75) is 47.0 Å². The Labute approximate surface area is 167 Å². The van der Waals surface area contributed by atoms with Gasteiger partial charge < -0.3 is 14.9 Å². The summed E-state index contributed by atoms with van der Waals surface area (Å²) in [6.45, 7) is -0.650. The average Bonchev–Trinajstić information content (AvgIpc) is 2.62. The van der Waals surface area contributed by atoms with Crippen molar-refractivity contribution in [1.29, 1.82) is 0 Å².